The molecule has 0 saturated heterocycles. The third kappa shape index (κ3) is 4.91. The van der Waals surface area contributed by atoms with Gasteiger partial charge in [0, 0.05) is 52.0 Å². The van der Waals surface area contributed by atoms with Crippen LogP contribution in [0.3, 0.4) is 0 Å². The van der Waals surface area contributed by atoms with Crippen molar-refractivity contribution >= 4 is 21.6 Å². The van der Waals surface area contributed by atoms with Crippen molar-refractivity contribution in [3.63, 3.8) is 0 Å². The van der Waals surface area contributed by atoms with Gasteiger partial charge in [0.15, 0.2) is 0 Å². The lowest BCUT2D eigenvalue weighted by Gasteiger charge is -2.22. The lowest BCUT2D eigenvalue weighted by atomic mass is 10.1. The van der Waals surface area contributed by atoms with Gasteiger partial charge in [-0.3, -0.25) is 4.79 Å². The first-order chi connectivity index (χ1) is 13.2. The molecule has 0 bridgehead atoms. The second-order valence-corrected chi connectivity index (χ2v) is 8.97. The molecule has 0 fully saturated rings. The van der Waals surface area contributed by atoms with Gasteiger partial charge in [-0.2, -0.15) is 0 Å². The lowest BCUT2D eigenvalue weighted by Crippen LogP contribution is -2.27. The quantitative estimate of drug-likeness (QED) is 0.680. The highest BCUT2D eigenvalue weighted by Crippen LogP contribution is 2.18. The van der Waals surface area contributed by atoms with Gasteiger partial charge in [0.1, 0.15) is 0 Å². The summed E-state index contributed by atoms with van der Waals surface area (Å²) in [5.41, 5.74) is 2.53. The number of hydrogen-bond donors (Lipinski definition) is 0. The van der Waals surface area contributed by atoms with E-state index >= 15 is 0 Å². The molecule has 7 heteroatoms. The number of anilines is 1. The van der Waals surface area contributed by atoms with Crippen LogP contribution in [0.25, 0.3) is 0 Å². The van der Waals surface area contributed by atoms with Crippen LogP contribution < -0.4 is 4.90 Å². The second-order valence-electron chi connectivity index (χ2n) is 6.82. The monoisotopic (exact) mass is 403 g/mol. The largest absolute Gasteiger partial charge is 0.372 e. The molecule has 0 aliphatic carbocycles. The maximum atomic E-state index is 12.8. The molecule has 152 valence electrons. The third-order valence-electron chi connectivity index (χ3n) is 4.69. The van der Waals surface area contributed by atoms with Crippen LogP contribution in [-0.2, 0) is 16.6 Å². The smallest absolute Gasteiger partial charge is 0.253 e. The molecule has 0 aromatic heterocycles. The normalized spacial score (nSPS) is 11.5. The maximum absolute atomic E-state index is 12.8. The van der Waals surface area contributed by atoms with E-state index in [1.807, 2.05) is 12.1 Å². The lowest BCUT2D eigenvalue weighted by molar-refractivity contribution is 0.0785. The molecular formula is C21H29N3O3S. The highest BCUT2D eigenvalue weighted by molar-refractivity contribution is 7.89. The first-order valence-electron chi connectivity index (χ1n) is 9.32. The van der Waals surface area contributed by atoms with Crippen LogP contribution in [0.1, 0.15) is 29.8 Å². The summed E-state index contributed by atoms with van der Waals surface area (Å²) in [5.74, 6) is -0.219. The maximum Gasteiger partial charge on any atom is 0.253 e. The number of carbonyl (C=O) groups excluding carboxylic acids is 1. The molecule has 0 saturated carbocycles. The van der Waals surface area contributed by atoms with Gasteiger partial charge >= 0.3 is 0 Å². The molecule has 0 unspecified atom stereocenters. The summed E-state index contributed by atoms with van der Waals surface area (Å²) in [4.78, 5) is 16.7. The minimum absolute atomic E-state index is 0.111. The highest BCUT2D eigenvalue weighted by Gasteiger charge is 2.20. The first-order valence-corrected chi connectivity index (χ1v) is 10.8. The Morgan fingerprint density at radius 3 is 2.07 bits per heavy atom. The number of nitrogens with zero attached hydrogens (tertiary/aromatic N) is 3. The van der Waals surface area contributed by atoms with Crippen LogP contribution in [0.2, 0.25) is 0 Å². The Morgan fingerprint density at radius 1 is 0.929 bits per heavy atom. The molecule has 2 aromatic rings. The molecule has 6 nitrogen and oxygen atoms in total. The topological polar surface area (TPSA) is 60.9 Å². The summed E-state index contributed by atoms with van der Waals surface area (Å²) in [6.45, 7) is 6.58. The van der Waals surface area contributed by atoms with E-state index in [-0.39, 0.29) is 10.8 Å². The Bertz CT molecular complexity index is 905. The van der Waals surface area contributed by atoms with Gasteiger partial charge < -0.3 is 9.80 Å². The van der Waals surface area contributed by atoms with E-state index in [9.17, 15) is 13.2 Å². The molecule has 0 aliphatic heterocycles. The van der Waals surface area contributed by atoms with Crippen molar-refractivity contribution in [2.45, 2.75) is 25.3 Å². The first kappa shape index (κ1) is 21.9. The molecule has 0 radical (unpaired) electrons. The molecular weight excluding hydrogens is 374 g/mol. The van der Waals surface area contributed by atoms with Gasteiger partial charge in [-0.25, -0.2) is 12.7 Å². The second kappa shape index (κ2) is 9.21. The molecule has 0 aliphatic rings. The van der Waals surface area contributed by atoms with E-state index in [2.05, 4.69) is 30.9 Å². The van der Waals surface area contributed by atoms with E-state index in [1.54, 1.807) is 24.1 Å². The average Bonchev–Trinajstić information content (AvgIpc) is 2.69. The summed E-state index contributed by atoms with van der Waals surface area (Å²) < 4.78 is 25.7. The van der Waals surface area contributed by atoms with Crippen molar-refractivity contribution in [2.75, 3.05) is 39.1 Å². The predicted molar refractivity (Wildman–Crippen MR) is 113 cm³/mol. The number of rotatable bonds is 8. The summed E-state index contributed by atoms with van der Waals surface area (Å²) in [6, 6.07) is 14.3. The fraction of sp³-hybridized carbons (Fsp3) is 0.381. The number of carbonyl (C=O) groups is 1. The van der Waals surface area contributed by atoms with Crippen LogP contribution in [0.4, 0.5) is 5.69 Å². The van der Waals surface area contributed by atoms with Gasteiger partial charge in [0.05, 0.1) is 4.90 Å². The fourth-order valence-corrected chi connectivity index (χ4v) is 3.92. The zero-order chi connectivity index (χ0) is 20.9. The van der Waals surface area contributed by atoms with Crippen molar-refractivity contribution in [3.8, 4) is 0 Å². The van der Waals surface area contributed by atoms with Crippen molar-refractivity contribution < 1.29 is 13.2 Å². The van der Waals surface area contributed by atoms with Gasteiger partial charge in [-0.15, -0.1) is 0 Å². The fourth-order valence-electron chi connectivity index (χ4n) is 2.97. The summed E-state index contributed by atoms with van der Waals surface area (Å²) >= 11 is 0. The third-order valence-corrected chi connectivity index (χ3v) is 6.50. The van der Waals surface area contributed by atoms with E-state index in [1.165, 1.54) is 26.2 Å². The standard InChI is InChI=1S/C21H29N3O3S/c1-6-24(7-2)19-13-11-17(12-14-19)16-23(5)21(25)18-9-8-10-20(15-18)28(26,27)22(3)4/h8-15H,6-7,16H2,1-5H3. The predicted octanol–water partition coefficient (Wildman–Crippen LogP) is 3.06. The molecule has 0 N–H and O–H groups in total. The highest BCUT2D eigenvalue weighted by atomic mass is 32.2. The van der Waals surface area contributed by atoms with Crippen LogP contribution in [0.15, 0.2) is 53.4 Å². The van der Waals surface area contributed by atoms with Gasteiger partial charge in [0.2, 0.25) is 10.0 Å². The minimum Gasteiger partial charge on any atom is -0.372 e. The van der Waals surface area contributed by atoms with Crippen molar-refractivity contribution in [1.29, 1.82) is 0 Å². The van der Waals surface area contributed by atoms with Crippen molar-refractivity contribution in [3.05, 3.63) is 59.7 Å². The number of amides is 1. The molecule has 1 amide bonds. The van der Waals surface area contributed by atoms with Crippen molar-refractivity contribution in [2.24, 2.45) is 0 Å². The number of sulfonamides is 1. The zero-order valence-electron chi connectivity index (χ0n) is 17.2. The number of hydrogen-bond acceptors (Lipinski definition) is 4. The van der Waals surface area contributed by atoms with Gasteiger partial charge in [-0.05, 0) is 49.7 Å². The molecule has 0 heterocycles. The Kier molecular flexibility index (Phi) is 7.21. The van der Waals surface area contributed by atoms with Crippen LogP contribution in [-0.4, -0.2) is 57.8 Å². The molecule has 2 rings (SSSR count). The molecule has 0 spiro atoms. The van der Waals surface area contributed by atoms with Gasteiger partial charge in [-0.1, -0.05) is 18.2 Å². The Hall–Kier alpha value is -2.38. The molecule has 2 aromatic carbocycles. The SMILES string of the molecule is CCN(CC)c1ccc(CN(C)C(=O)c2cccc(S(=O)(=O)N(C)C)c2)cc1. The van der Waals surface area contributed by atoms with Crippen LogP contribution >= 0.6 is 0 Å². The Balaban J connectivity index is 2.15. The van der Waals surface area contributed by atoms with Crippen LogP contribution in [0, 0.1) is 0 Å². The van der Waals surface area contributed by atoms with Crippen LogP contribution in [0.5, 0.6) is 0 Å². The Morgan fingerprint density at radius 2 is 1.54 bits per heavy atom. The summed E-state index contributed by atoms with van der Waals surface area (Å²) in [6.07, 6.45) is 0. The summed E-state index contributed by atoms with van der Waals surface area (Å²) in [5, 5.41) is 0. The molecule has 28 heavy (non-hydrogen) atoms. The van der Waals surface area contributed by atoms with E-state index in [0.717, 1.165) is 28.6 Å². The van der Waals surface area contributed by atoms with E-state index in [4.69, 9.17) is 0 Å². The van der Waals surface area contributed by atoms with Crippen molar-refractivity contribution in [1.82, 2.24) is 9.21 Å². The van der Waals surface area contributed by atoms with E-state index < -0.39 is 10.0 Å². The average molecular weight is 404 g/mol. The minimum atomic E-state index is -3.58. The number of benzene rings is 2. The summed E-state index contributed by atoms with van der Waals surface area (Å²) in [7, 11) is 1.08. The zero-order valence-corrected chi connectivity index (χ0v) is 18.0. The van der Waals surface area contributed by atoms with E-state index in [0.29, 0.717) is 12.1 Å². The van der Waals surface area contributed by atoms with Gasteiger partial charge in [0.25, 0.3) is 5.91 Å². The molecule has 0 atom stereocenters. The Labute approximate surface area is 168 Å².